The first kappa shape index (κ1) is 11.7. The monoisotopic (exact) mass is 232 g/mol. The Bertz CT molecular complexity index is 393. The van der Waals surface area contributed by atoms with Crippen LogP contribution in [0.15, 0.2) is 42.1 Å². The zero-order chi connectivity index (χ0) is 11.9. The minimum Gasteiger partial charge on any atom is -0.381 e. The molecule has 0 atom stereocenters. The number of para-hydroxylation sites is 1. The van der Waals surface area contributed by atoms with Crippen LogP contribution in [0.3, 0.4) is 0 Å². The normalized spacial score (nSPS) is 15.2. The molecule has 2 amide bonds. The molecule has 1 aromatic carbocycles. The van der Waals surface area contributed by atoms with Crippen molar-refractivity contribution in [3.63, 3.8) is 0 Å². The Morgan fingerprint density at radius 2 is 1.88 bits per heavy atom. The molecule has 0 radical (unpaired) electrons. The molecule has 0 aromatic heterocycles. The molecule has 1 saturated heterocycles. The van der Waals surface area contributed by atoms with Crippen LogP contribution in [0, 0.1) is 0 Å². The molecule has 17 heavy (non-hydrogen) atoms. The summed E-state index contributed by atoms with van der Waals surface area (Å²) in [6.07, 6.45) is 3.57. The molecule has 0 unspecified atom stereocenters. The van der Waals surface area contributed by atoms with Crippen LogP contribution in [-0.4, -0.2) is 19.2 Å². The summed E-state index contributed by atoms with van der Waals surface area (Å²) in [5.41, 5.74) is 2.01. The number of hydrogen-bond acceptors (Lipinski definition) is 2. The highest BCUT2D eigenvalue weighted by atomic mass is 16.5. The van der Waals surface area contributed by atoms with Crippen molar-refractivity contribution >= 4 is 11.7 Å². The van der Waals surface area contributed by atoms with Gasteiger partial charge in [0.15, 0.2) is 0 Å². The molecular formula is C13H16N2O2. The second-order valence-electron chi connectivity index (χ2n) is 3.88. The van der Waals surface area contributed by atoms with Gasteiger partial charge >= 0.3 is 6.03 Å². The Balaban J connectivity index is 1.81. The number of hydrogen-bond donors (Lipinski definition) is 2. The third-order valence-electron chi connectivity index (χ3n) is 2.57. The molecule has 0 bridgehead atoms. The van der Waals surface area contributed by atoms with Crippen LogP contribution in [0.1, 0.15) is 12.8 Å². The number of nitrogens with one attached hydrogen (secondary N) is 2. The second kappa shape index (κ2) is 6.06. The fourth-order valence-corrected chi connectivity index (χ4v) is 1.63. The summed E-state index contributed by atoms with van der Waals surface area (Å²) in [6, 6.07) is 9.16. The van der Waals surface area contributed by atoms with Gasteiger partial charge in [0.25, 0.3) is 0 Å². The smallest absolute Gasteiger partial charge is 0.323 e. The van der Waals surface area contributed by atoms with E-state index in [9.17, 15) is 4.79 Å². The van der Waals surface area contributed by atoms with Crippen molar-refractivity contribution < 1.29 is 9.53 Å². The van der Waals surface area contributed by atoms with Crippen LogP contribution in [0.2, 0.25) is 0 Å². The number of anilines is 1. The molecule has 1 aromatic rings. The number of amides is 2. The molecule has 4 nitrogen and oxygen atoms in total. The van der Waals surface area contributed by atoms with E-state index in [0.29, 0.717) is 0 Å². The summed E-state index contributed by atoms with van der Waals surface area (Å²) in [6.45, 7) is 1.49. The zero-order valence-electron chi connectivity index (χ0n) is 9.61. The van der Waals surface area contributed by atoms with Gasteiger partial charge in [0, 0.05) is 11.9 Å². The van der Waals surface area contributed by atoms with E-state index < -0.39 is 0 Å². The minimum absolute atomic E-state index is 0.213. The maximum atomic E-state index is 11.6. The van der Waals surface area contributed by atoms with Gasteiger partial charge in [0.05, 0.1) is 13.2 Å². The van der Waals surface area contributed by atoms with Crippen molar-refractivity contribution in [1.29, 1.82) is 0 Å². The fourth-order valence-electron chi connectivity index (χ4n) is 1.63. The third-order valence-corrected chi connectivity index (χ3v) is 2.57. The Morgan fingerprint density at radius 1 is 1.18 bits per heavy atom. The average molecular weight is 232 g/mol. The first-order valence-corrected chi connectivity index (χ1v) is 5.73. The van der Waals surface area contributed by atoms with Crippen molar-refractivity contribution in [3.05, 3.63) is 42.1 Å². The van der Waals surface area contributed by atoms with Gasteiger partial charge in [0.1, 0.15) is 0 Å². The van der Waals surface area contributed by atoms with Gasteiger partial charge in [0.2, 0.25) is 0 Å². The number of rotatable bonds is 2. The lowest BCUT2D eigenvalue weighted by Crippen LogP contribution is -2.25. The van der Waals surface area contributed by atoms with E-state index in [2.05, 4.69) is 10.6 Å². The summed E-state index contributed by atoms with van der Waals surface area (Å²) in [7, 11) is 0. The summed E-state index contributed by atoms with van der Waals surface area (Å²) in [4.78, 5) is 11.6. The fraction of sp³-hybridized carbons (Fsp3) is 0.308. The Labute approximate surface area is 101 Å². The Kier molecular flexibility index (Phi) is 4.16. The topological polar surface area (TPSA) is 50.4 Å². The summed E-state index contributed by atoms with van der Waals surface area (Å²) >= 11 is 0. The van der Waals surface area contributed by atoms with Crippen LogP contribution in [0.5, 0.6) is 0 Å². The molecule has 2 N–H and O–H groups in total. The van der Waals surface area contributed by atoms with E-state index >= 15 is 0 Å². The van der Waals surface area contributed by atoms with E-state index in [1.807, 2.05) is 30.3 Å². The molecular weight excluding hydrogens is 216 g/mol. The molecule has 1 heterocycles. The number of carbonyl (C=O) groups is 1. The maximum absolute atomic E-state index is 11.6. The molecule has 0 aliphatic carbocycles. The van der Waals surface area contributed by atoms with Gasteiger partial charge in [-0.2, -0.15) is 0 Å². The number of urea groups is 1. The Morgan fingerprint density at radius 3 is 2.59 bits per heavy atom. The molecule has 2 rings (SSSR count). The number of benzene rings is 1. The molecule has 1 fully saturated rings. The van der Waals surface area contributed by atoms with Crippen molar-refractivity contribution in [2.75, 3.05) is 18.5 Å². The molecule has 1 aliphatic rings. The summed E-state index contributed by atoms with van der Waals surface area (Å²) in [5, 5.41) is 5.49. The number of ether oxygens (including phenoxy) is 1. The van der Waals surface area contributed by atoms with Gasteiger partial charge in [-0.3, -0.25) is 0 Å². The lowest BCUT2D eigenvalue weighted by atomic mass is 10.1. The number of carbonyl (C=O) groups excluding carboxylic acids is 1. The van der Waals surface area contributed by atoms with Crippen LogP contribution < -0.4 is 10.6 Å². The van der Waals surface area contributed by atoms with Gasteiger partial charge in [-0.05, 0) is 30.5 Å². The maximum Gasteiger partial charge on any atom is 0.323 e. The summed E-state index contributed by atoms with van der Waals surface area (Å²) < 4.78 is 5.23. The van der Waals surface area contributed by atoms with Gasteiger partial charge in [-0.15, -0.1) is 0 Å². The lowest BCUT2D eigenvalue weighted by molar-refractivity contribution is 0.119. The average Bonchev–Trinajstić information content (AvgIpc) is 2.39. The second-order valence-corrected chi connectivity index (χ2v) is 3.88. The van der Waals surface area contributed by atoms with Crippen LogP contribution in [-0.2, 0) is 4.74 Å². The first-order valence-electron chi connectivity index (χ1n) is 5.73. The van der Waals surface area contributed by atoms with Crippen LogP contribution >= 0.6 is 0 Å². The van der Waals surface area contributed by atoms with E-state index in [1.54, 1.807) is 6.20 Å². The zero-order valence-corrected chi connectivity index (χ0v) is 9.61. The van der Waals surface area contributed by atoms with Crippen LogP contribution in [0.25, 0.3) is 0 Å². The molecule has 4 heteroatoms. The Hall–Kier alpha value is -1.81. The largest absolute Gasteiger partial charge is 0.381 e. The molecule has 1 aliphatic heterocycles. The molecule has 0 spiro atoms. The standard InChI is InChI=1S/C13H16N2O2/c16-13(15-12-4-2-1-3-5-12)14-10-11-6-8-17-9-7-11/h1-5,10H,6-9H2,(H2,14,15,16). The van der Waals surface area contributed by atoms with E-state index in [4.69, 9.17) is 4.74 Å². The van der Waals surface area contributed by atoms with Crippen LogP contribution in [0.4, 0.5) is 10.5 Å². The van der Waals surface area contributed by atoms with Crippen molar-refractivity contribution in [2.24, 2.45) is 0 Å². The van der Waals surface area contributed by atoms with Crippen molar-refractivity contribution in [2.45, 2.75) is 12.8 Å². The van der Waals surface area contributed by atoms with Gasteiger partial charge in [-0.1, -0.05) is 18.2 Å². The quantitative estimate of drug-likeness (QED) is 0.823. The highest BCUT2D eigenvalue weighted by molar-refractivity contribution is 5.89. The highest BCUT2D eigenvalue weighted by Gasteiger charge is 2.05. The van der Waals surface area contributed by atoms with E-state index in [0.717, 1.165) is 31.7 Å². The predicted octanol–water partition coefficient (Wildman–Crippen LogP) is 2.50. The lowest BCUT2D eigenvalue weighted by Gasteiger charge is -2.14. The van der Waals surface area contributed by atoms with Crippen molar-refractivity contribution in [3.8, 4) is 0 Å². The first-order chi connectivity index (χ1) is 8.34. The summed E-state index contributed by atoms with van der Waals surface area (Å²) in [5.74, 6) is 0. The minimum atomic E-state index is -0.213. The van der Waals surface area contributed by atoms with Gasteiger partial charge < -0.3 is 15.4 Å². The third kappa shape index (κ3) is 3.92. The highest BCUT2D eigenvalue weighted by Crippen LogP contribution is 2.11. The van der Waals surface area contributed by atoms with Crippen molar-refractivity contribution in [1.82, 2.24) is 5.32 Å². The SMILES string of the molecule is O=C(NC=C1CCOCC1)Nc1ccccc1. The molecule has 0 saturated carbocycles. The van der Waals surface area contributed by atoms with E-state index in [-0.39, 0.29) is 6.03 Å². The van der Waals surface area contributed by atoms with Gasteiger partial charge in [-0.25, -0.2) is 4.79 Å². The molecule has 90 valence electrons. The predicted molar refractivity (Wildman–Crippen MR) is 66.7 cm³/mol. The van der Waals surface area contributed by atoms with E-state index in [1.165, 1.54) is 5.57 Å².